The van der Waals surface area contributed by atoms with Crippen molar-refractivity contribution in [2.24, 2.45) is 5.92 Å². The van der Waals surface area contributed by atoms with Crippen molar-refractivity contribution >= 4 is 0 Å². The van der Waals surface area contributed by atoms with Crippen LogP contribution in [0.25, 0.3) is 0 Å². The molecule has 1 N–H and O–H groups in total. The topological polar surface area (TPSA) is 42.7 Å². The third-order valence-corrected chi connectivity index (χ3v) is 3.81. The lowest BCUT2D eigenvalue weighted by molar-refractivity contribution is 0.379. The van der Waals surface area contributed by atoms with E-state index in [9.17, 15) is 0 Å². The summed E-state index contributed by atoms with van der Waals surface area (Å²) in [5.74, 6) is 1.61. The number of aromatic nitrogens is 3. The van der Waals surface area contributed by atoms with Gasteiger partial charge < -0.3 is 5.32 Å². The summed E-state index contributed by atoms with van der Waals surface area (Å²) in [6.07, 6.45) is 6.79. The minimum atomic E-state index is 0.733. The molecule has 2 aliphatic rings. The minimum absolute atomic E-state index is 0.733. The summed E-state index contributed by atoms with van der Waals surface area (Å²) < 4.78 is 2.19. The molecule has 1 aromatic rings. The molecule has 1 aromatic heterocycles. The molecule has 3 rings (SSSR count). The first-order chi connectivity index (χ1) is 7.88. The molecule has 2 aliphatic carbocycles. The monoisotopic (exact) mass is 220 g/mol. The van der Waals surface area contributed by atoms with Crippen LogP contribution in [0.3, 0.4) is 0 Å². The largest absolute Gasteiger partial charge is 0.314 e. The van der Waals surface area contributed by atoms with Crippen molar-refractivity contribution in [1.29, 1.82) is 0 Å². The molecule has 0 unspecified atom stereocenters. The molecule has 2 saturated carbocycles. The van der Waals surface area contributed by atoms with Gasteiger partial charge >= 0.3 is 0 Å². The lowest BCUT2D eigenvalue weighted by Gasteiger charge is -2.26. The van der Waals surface area contributed by atoms with Crippen molar-refractivity contribution in [2.75, 3.05) is 7.05 Å². The summed E-state index contributed by atoms with van der Waals surface area (Å²) in [6, 6.07) is 0. The number of nitrogens with one attached hydrogen (secondary N) is 1. The zero-order valence-electron chi connectivity index (χ0n) is 9.95. The first kappa shape index (κ1) is 10.3. The first-order valence-electron chi connectivity index (χ1n) is 6.45. The van der Waals surface area contributed by atoms with Crippen molar-refractivity contribution < 1.29 is 0 Å². The van der Waals surface area contributed by atoms with Crippen molar-refractivity contribution in [3.63, 3.8) is 0 Å². The lowest BCUT2D eigenvalue weighted by atomic mass is 9.82. The Morgan fingerprint density at radius 2 is 2.12 bits per heavy atom. The molecule has 1 heterocycles. The molecule has 0 bridgehead atoms. The van der Waals surface area contributed by atoms with Gasteiger partial charge in [0.05, 0.1) is 11.4 Å². The van der Waals surface area contributed by atoms with E-state index in [0.717, 1.165) is 24.9 Å². The van der Waals surface area contributed by atoms with Gasteiger partial charge in [0.25, 0.3) is 0 Å². The Balaban J connectivity index is 1.83. The van der Waals surface area contributed by atoms with Gasteiger partial charge in [0, 0.05) is 19.0 Å². The SMILES string of the molecule is CNCc1nnn(CC2CC2)c1C1CCC1. The number of rotatable bonds is 5. The maximum absolute atomic E-state index is 4.34. The van der Waals surface area contributed by atoms with Gasteiger partial charge in [-0.15, -0.1) is 5.10 Å². The van der Waals surface area contributed by atoms with E-state index in [1.54, 1.807) is 0 Å². The molecule has 0 amide bonds. The van der Waals surface area contributed by atoms with Crippen LogP contribution < -0.4 is 5.32 Å². The van der Waals surface area contributed by atoms with Crippen LogP contribution in [-0.2, 0) is 13.1 Å². The number of nitrogens with zero attached hydrogens (tertiary/aromatic N) is 3. The van der Waals surface area contributed by atoms with Gasteiger partial charge in [-0.25, -0.2) is 4.68 Å². The van der Waals surface area contributed by atoms with Gasteiger partial charge in [-0.2, -0.15) is 0 Å². The van der Waals surface area contributed by atoms with E-state index >= 15 is 0 Å². The van der Waals surface area contributed by atoms with Crippen molar-refractivity contribution in [3.8, 4) is 0 Å². The van der Waals surface area contributed by atoms with Gasteiger partial charge in [-0.1, -0.05) is 11.6 Å². The molecule has 0 radical (unpaired) electrons. The highest BCUT2D eigenvalue weighted by Gasteiger charge is 2.30. The lowest BCUT2D eigenvalue weighted by Crippen LogP contribution is -2.19. The summed E-state index contributed by atoms with van der Waals surface area (Å²) in [6.45, 7) is 1.96. The van der Waals surface area contributed by atoms with E-state index in [0.29, 0.717) is 0 Å². The Morgan fingerprint density at radius 1 is 1.31 bits per heavy atom. The molecular formula is C12H20N4. The predicted octanol–water partition coefficient (Wildman–Crippen LogP) is 1.67. The van der Waals surface area contributed by atoms with Gasteiger partial charge in [0.1, 0.15) is 0 Å². The fraction of sp³-hybridized carbons (Fsp3) is 0.833. The summed E-state index contributed by atoms with van der Waals surface area (Å²) in [7, 11) is 1.98. The van der Waals surface area contributed by atoms with E-state index in [1.807, 2.05) is 7.05 Å². The summed E-state index contributed by atoms with van der Waals surface area (Å²) in [5, 5.41) is 11.9. The van der Waals surface area contributed by atoms with Crippen LogP contribution in [0, 0.1) is 5.92 Å². The van der Waals surface area contributed by atoms with Crippen LogP contribution in [0.4, 0.5) is 0 Å². The van der Waals surface area contributed by atoms with E-state index in [1.165, 1.54) is 43.5 Å². The minimum Gasteiger partial charge on any atom is -0.314 e. The van der Waals surface area contributed by atoms with Crippen LogP contribution in [0.1, 0.15) is 49.4 Å². The predicted molar refractivity (Wildman–Crippen MR) is 62.1 cm³/mol. The van der Waals surface area contributed by atoms with Crippen LogP contribution in [0.2, 0.25) is 0 Å². The second kappa shape index (κ2) is 4.17. The molecule has 0 aliphatic heterocycles. The Labute approximate surface area is 96.4 Å². The maximum atomic E-state index is 4.34. The van der Waals surface area contributed by atoms with Crippen molar-refractivity contribution in [1.82, 2.24) is 20.3 Å². The third kappa shape index (κ3) is 1.86. The highest BCUT2D eigenvalue weighted by molar-refractivity contribution is 5.18. The number of hydrogen-bond donors (Lipinski definition) is 1. The Bertz CT molecular complexity index is 363. The average Bonchev–Trinajstić information content (AvgIpc) is 2.93. The highest BCUT2D eigenvalue weighted by atomic mass is 15.4. The third-order valence-electron chi connectivity index (χ3n) is 3.81. The molecule has 16 heavy (non-hydrogen) atoms. The molecule has 0 spiro atoms. The zero-order valence-corrected chi connectivity index (χ0v) is 9.95. The standard InChI is InChI=1S/C12H20N4/c1-13-7-11-12(10-3-2-4-10)16(15-14-11)8-9-5-6-9/h9-10,13H,2-8H2,1H3. The molecule has 0 saturated heterocycles. The van der Waals surface area contributed by atoms with E-state index in [2.05, 4.69) is 20.3 Å². The van der Waals surface area contributed by atoms with Crippen LogP contribution in [0.15, 0.2) is 0 Å². The second-order valence-electron chi connectivity index (χ2n) is 5.21. The average molecular weight is 220 g/mol. The van der Waals surface area contributed by atoms with Crippen LogP contribution in [0.5, 0.6) is 0 Å². The summed E-state index contributed by atoms with van der Waals surface area (Å²) in [4.78, 5) is 0. The van der Waals surface area contributed by atoms with Gasteiger partial charge in [0.15, 0.2) is 0 Å². The van der Waals surface area contributed by atoms with Crippen LogP contribution in [-0.4, -0.2) is 22.0 Å². The molecule has 4 heteroatoms. The quantitative estimate of drug-likeness (QED) is 0.821. The fourth-order valence-corrected chi connectivity index (χ4v) is 2.46. The Kier molecular flexibility index (Phi) is 2.67. The van der Waals surface area contributed by atoms with Gasteiger partial charge in [-0.05, 0) is 38.6 Å². The summed E-state index contributed by atoms with van der Waals surface area (Å²) >= 11 is 0. The molecule has 0 atom stereocenters. The first-order valence-corrected chi connectivity index (χ1v) is 6.45. The molecule has 0 aromatic carbocycles. The normalized spacial score (nSPS) is 21.1. The van der Waals surface area contributed by atoms with Crippen LogP contribution >= 0.6 is 0 Å². The Morgan fingerprint density at radius 3 is 2.69 bits per heavy atom. The smallest absolute Gasteiger partial charge is 0.0999 e. The van der Waals surface area contributed by atoms with Crippen molar-refractivity contribution in [2.45, 2.75) is 51.1 Å². The molecular weight excluding hydrogens is 200 g/mol. The van der Waals surface area contributed by atoms with E-state index in [-0.39, 0.29) is 0 Å². The van der Waals surface area contributed by atoms with Gasteiger partial charge in [0.2, 0.25) is 0 Å². The molecule has 4 nitrogen and oxygen atoms in total. The molecule has 88 valence electrons. The second-order valence-corrected chi connectivity index (χ2v) is 5.21. The van der Waals surface area contributed by atoms with E-state index < -0.39 is 0 Å². The maximum Gasteiger partial charge on any atom is 0.0999 e. The fourth-order valence-electron chi connectivity index (χ4n) is 2.46. The van der Waals surface area contributed by atoms with Crippen molar-refractivity contribution in [3.05, 3.63) is 11.4 Å². The van der Waals surface area contributed by atoms with E-state index in [4.69, 9.17) is 0 Å². The molecule has 2 fully saturated rings. The Hall–Kier alpha value is -0.900. The number of hydrogen-bond acceptors (Lipinski definition) is 3. The highest BCUT2D eigenvalue weighted by Crippen LogP contribution is 2.39. The van der Waals surface area contributed by atoms with Gasteiger partial charge in [-0.3, -0.25) is 0 Å². The zero-order chi connectivity index (χ0) is 11.0. The summed E-state index contributed by atoms with van der Waals surface area (Å²) in [5.41, 5.74) is 2.60.